The van der Waals surface area contributed by atoms with Crippen molar-refractivity contribution in [3.63, 3.8) is 0 Å². The Kier molecular flexibility index (Phi) is 4.01. The first-order valence-electron chi connectivity index (χ1n) is 7.06. The Morgan fingerprint density at radius 1 is 0.957 bits per heavy atom. The van der Waals surface area contributed by atoms with Crippen molar-refractivity contribution in [2.75, 3.05) is 0 Å². The van der Waals surface area contributed by atoms with Crippen molar-refractivity contribution in [1.29, 1.82) is 0 Å². The molecule has 0 saturated carbocycles. The van der Waals surface area contributed by atoms with Crippen LogP contribution in [0.2, 0.25) is 0 Å². The van der Waals surface area contributed by atoms with Crippen molar-refractivity contribution < 1.29 is 14.5 Å². The molecule has 0 fully saturated rings. The third-order valence-electron chi connectivity index (χ3n) is 3.50. The second-order valence-corrected chi connectivity index (χ2v) is 5.01. The van der Waals surface area contributed by atoms with E-state index < -0.39 is 10.9 Å². The van der Waals surface area contributed by atoms with E-state index in [0.29, 0.717) is 11.3 Å². The second-order valence-electron chi connectivity index (χ2n) is 5.01. The Balaban J connectivity index is 1.84. The van der Waals surface area contributed by atoms with Crippen LogP contribution < -0.4 is 4.74 Å². The van der Waals surface area contributed by atoms with E-state index in [1.165, 1.54) is 6.07 Å². The van der Waals surface area contributed by atoms with Gasteiger partial charge in [-0.1, -0.05) is 54.6 Å². The summed E-state index contributed by atoms with van der Waals surface area (Å²) in [6.45, 7) is 0. The third-order valence-corrected chi connectivity index (χ3v) is 3.50. The zero-order chi connectivity index (χ0) is 16.2. The SMILES string of the molecule is O=C(Cc1ccccc1[N+](=O)[O-])Oc1cccc2ccccc12. The van der Waals surface area contributed by atoms with Gasteiger partial charge in [-0.25, -0.2) is 0 Å². The summed E-state index contributed by atoms with van der Waals surface area (Å²) in [5.74, 6) is -0.0812. The van der Waals surface area contributed by atoms with Crippen LogP contribution >= 0.6 is 0 Å². The molecule has 3 aromatic rings. The number of hydrogen-bond donors (Lipinski definition) is 0. The van der Waals surface area contributed by atoms with E-state index in [-0.39, 0.29) is 12.1 Å². The zero-order valence-electron chi connectivity index (χ0n) is 12.1. The molecule has 0 saturated heterocycles. The number of carbonyl (C=O) groups excluding carboxylic acids is 1. The number of para-hydroxylation sites is 1. The molecule has 5 heteroatoms. The zero-order valence-corrected chi connectivity index (χ0v) is 12.1. The molecule has 3 rings (SSSR count). The van der Waals surface area contributed by atoms with Gasteiger partial charge < -0.3 is 4.74 Å². The molecule has 0 N–H and O–H groups in total. The molecular formula is C18H13NO4. The highest BCUT2D eigenvalue weighted by atomic mass is 16.6. The van der Waals surface area contributed by atoms with Gasteiger partial charge in [0.25, 0.3) is 5.69 Å². The number of hydrogen-bond acceptors (Lipinski definition) is 4. The summed E-state index contributed by atoms with van der Waals surface area (Å²) >= 11 is 0. The lowest BCUT2D eigenvalue weighted by Crippen LogP contribution is -2.12. The molecule has 0 aliphatic heterocycles. The maximum absolute atomic E-state index is 12.2. The molecule has 0 bridgehead atoms. The van der Waals surface area contributed by atoms with Gasteiger partial charge in [-0.15, -0.1) is 0 Å². The molecule has 5 nitrogen and oxygen atoms in total. The van der Waals surface area contributed by atoms with E-state index in [1.54, 1.807) is 30.3 Å². The Bertz CT molecular complexity index is 884. The summed E-state index contributed by atoms with van der Waals surface area (Å²) in [6.07, 6.45) is -0.152. The van der Waals surface area contributed by atoms with Crippen molar-refractivity contribution in [3.05, 3.63) is 82.4 Å². The summed E-state index contributed by atoms with van der Waals surface area (Å²) in [4.78, 5) is 22.6. The lowest BCUT2D eigenvalue weighted by molar-refractivity contribution is -0.385. The minimum Gasteiger partial charge on any atom is -0.426 e. The number of ether oxygens (including phenoxy) is 1. The third kappa shape index (κ3) is 3.18. The van der Waals surface area contributed by atoms with Gasteiger partial charge in [-0.3, -0.25) is 14.9 Å². The standard InChI is InChI=1S/C18H13NO4/c20-18(12-14-7-2-4-10-16(14)19(21)22)23-17-11-5-8-13-6-1-3-9-15(13)17/h1-11H,12H2. The van der Waals surface area contributed by atoms with Gasteiger partial charge >= 0.3 is 5.97 Å². The number of fused-ring (bicyclic) bond motifs is 1. The van der Waals surface area contributed by atoms with E-state index in [4.69, 9.17) is 4.74 Å². The average molecular weight is 307 g/mol. The number of rotatable bonds is 4. The number of carbonyl (C=O) groups is 1. The fourth-order valence-electron chi connectivity index (χ4n) is 2.44. The molecular weight excluding hydrogens is 294 g/mol. The first kappa shape index (κ1) is 14.7. The number of nitrogens with zero attached hydrogens (tertiary/aromatic N) is 1. The van der Waals surface area contributed by atoms with Crippen LogP contribution in [0.25, 0.3) is 10.8 Å². The number of esters is 1. The lowest BCUT2D eigenvalue weighted by atomic mass is 10.1. The van der Waals surface area contributed by atoms with Gasteiger partial charge in [-0.2, -0.15) is 0 Å². The summed E-state index contributed by atoms with van der Waals surface area (Å²) in [6, 6.07) is 19.2. The van der Waals surface area contributed by atoms with Gasteiger partial charge in [0, 0.05) is 17.0 Å². The van der Waals surface area contributed by atoms with Crippen LogP contribution in [-0.4, -0.2) is 10.9 Å². The summed E-state index contributed by atoms with van der Waals surface area (Å²) in [5, 5.41) is 12.8. The molecule has 3 aromatic carbocycles. The Labute approximate surface area is 132 Å². The van der Waals surface area contributed by atoms with Crippen molar-refractivity contribution >= 4 is 22.4 Å². The molecule has 0 aliphatic rings. The first-order valence-corrected chi connectivity index (χ1v) is 7.06. The minimum atomic E-state index is -0.532. The Hall–Kier alpha value is -3.21. The largest absolute Gasteiger partial charge is 0.426 e. The van der Waals surface area contributed by atoms with Crippen LogP contribution in [0.4, 0.5) is 5.69 Å². The molecule has 0 amide bonds. The second kappa shape index (κ2) is 6.27. The Morgan fingerprint density at radius 2 is 1.65 bits per heavy atom. The average Bonchev–Trinajstić information content (AvgIpc) is 2.55. The van der Waals surface area contributed by atoms with E-state index in [2.05, 4.69) is 0 Å². The normalized spacial score (nSPS) is 10.4. The fraction of sp³-hybridized carbons (Fsp3) is 0.0556. The highest BCUT2D eigenvalue weighted by Gasteiger charge is 2.17. The van der Waals surface area contributed by atoms with Crippen LogP contribution in [0.5, 0.6) is 5.75 Å². The van der Waals surface area contributed by atoms with Gasteiger partial charge in [0.1, 0.15) is 5.75 Å². The minimum absolute atomic E-state index is 0.0811. The number of nitro benzene ring substituents is 1. The van der Waals surface area contributed by atoms with E-state index in [9.17, 15) is 14.9 Å². The summed E-state index contributed by atoms with van der Waals surface area (Å²) < 4.78 is 5.40. The van der Waals surface area contributed by atoms with E-state index in [1.807, 2.05) is 30.3 Å². The van der Waals surface area contributed by atoms with Gasteiger partial charge in [-0.05, 0) is 11.5 Å². The van der Waals surface area contributed by atoms with Crippen LogP contribution in [0.3, 0.4) is 0 Å². The smallest absolute Gasteiger partial charge is 0.315 e. The van der Waals surface area contributed by atoms with E-state index in [0.717, 1.165) is 10.8 Å². The van der Waals surface area contributed by atoms with Crippen molar-refractivity contribution in [2.24, 2.45) is 0 Å². The molecule has 114 valence electrons. The van der Waals surface area contributed by atoms with Gasteiger partial charge in [0.05, 0.1) is 11.3 Å². The van der Waals surface area contributed by atoms with Gasteiger partial charge in [0.15, 0.2) is 0 Å². The number of nitro groups is 1. The molecule has 23 heavy (non-hydrogen) atoms. The van der Waals surface area contributed by atoms with Crippen molar-refractivity contribution in [2.45, 2.75) is 6.42 Å². The molecule has 0 unspecified atom stereocenters. The van der Waals surface area contributed by atoms with Crippen LogP contribution in [-0.2, 0) is 11.2 Å². The molecule has 0 aliphatic carbocycles. The topological polar surface area (TPSA) is 69.4 Å². The highest BCUT2D eigenvalue weighted by Crippen LogP contribution is 2.26. The predicted octanol–water partition coefficient (Wildman–Crippen LogP) is 3.90. The van der Waals surface area contributed by atoms with Crippen LogP contribution in [0.1, 0.15) is 5.56 Å². The molecule has 0 aromatic heterocycles. The first-order chi connectivity index (χ1) is 11.1. The van der Waals surface area contributed by atoms with Crippen molar-refractivity contribution in [1.82, 2.24) is 0 Å². The predicted molar refractivity (Wildman–Crippen MR) is 86.4 cm³/mol. The number of benzene rings is 3. The van der Waals surface area contributed by atoms with Gasteiger partial charge in [0.2, 0.25) is 0 Å². The fourth-order valence-corrected chi connectivity index (χ4v) is 2.44. The maximum atomic E-state index is 12.2. The monoisotopic (exact) mass is 307 g/mol. The quantitative estimate of drug-likeness (QED) is 0.317. The highest BCUT2D eigenvalue weighted by molar-refractivity contribution is 5.90. The molecule has 0 atom stereocenters. The van der Waals surface area contributed by atoms with Crippen LogP contribution in [0, 0.1) is 10.1 Å². The molecule has 0 heterocycles. The Morgan fingerprint density at radius 3 is 2.48 bits per heavy atom. The maximum Gasteiger partial charge on any atom is 0.315 e. The van der Waals surface area contributed by atoms with Crippen molar-refractivity contribution in [3.8, 4) is 5.75 Å². The lowest BCUT2D eigenvalue weighted by Gasteiger charge is -2.08. The van der Waals surface area contributed by atoms with Crippen LogP contribution in [0.15, 0.2) is 66.7 Å². The summed E-state index contributed by atoms with van der Waals surface area (Å²) in [7, 11) is 0. The van der Waals surface area contributed by atoms with E-state index >= 15 is 0 Å². The summed E-state index contributed by atoms with van der Waals surface area (Å²) in [5.41, 5.74) is 0.255. The molecule has 0 radical (unpaired) electrons. The molecule has 0 spiro atoms.